The van der Waals surface area contributed by atoms with Crippen LogP contribution in [0.5, 0.6) is 0 Å². The van der Waals surface area contributed by atoms with E-state index in [4.69, 9.17) is 10.5 Å². The van der Waals surface area contributed by atoms with Gasteiger partial charge in [-0.05, 0) is 40.8 Å². The number of pyridine rings is 1. The fourth-order valence-electron chi connectivity index (χ4n) is 2.33. The molecule has 8 heteroatoms. The van der Waals surface area contributed by atoms with Crippen LogP contribution in [-0.4, -0.2) is 44.5 Å². The highest BCUT2D eigenvalue weighted by atomic mass is 79.9. The molecular weight excluding hydrogens is 346 g/mol. The molecule has 1 aliphatic heterocycles. The second-order valence-electron chi connectivity index (χ2n) is 4.84. The van der Waals surface area contributed by atoms with E-state index in [2.05, 4.69) is 20.9 Å². The number of rotatable bonds is 4. The molecule has 6 nitrogen and oxygen atoms in total. The summed E-state index contributed by atoms with van der Waals surface area (Å²) in [7, 11) is -1.91. The number of hydrogen-bond donors (Lipinski definition) is 1. The third kappa shape index (κ3) is 3.30. The lowest BCUT2D eigenvalue weighted by Crippen LogP contribution is -2.39. The number of nitrogens with two attached hydrogens (primary N) is 1. The maximum absolute atomic E-state index is 12.6. The standard InChI is InChI=1S/C12H18BrN3O3S/c1-19-8-9-2-4-16(5-3-9)20(17,18)11-6-10(13)7-15-12(11)14/h6-7,9H,2-5,8H2,1H3,(H2,14,15). The zero-order valence-corrected chi connectivity index (χ0v) is 13.7. The van der Waals surface area contributed by atoms with E-state index < -0.39 is 10.0 Å². The fourth-order valence-corrected chi connectivity index (χ4v) is 4.37. The highest BCUT2D eigenvalue weighted by Crippen LogP contribution is 2.27. The number of halogens is 1. The summed E-state index contributed by atoms with van der Waals surface area (Å²) in [6, 6.07) is 1.50. The third-order valence-electron chi connectivity index (χ3n) is 3.44. The molecule has 0 amide bonds. The van der Waals surface area contributed by atoms with Crippen LogP contribution in [-0.2, 0) is 14.8 Å². The average molecular weight is 364 g/mol. The zero-order chi connectivity index (χ0) is 14.8. The first-order valence-corrected chi connectivity index (χ1v) is 8.58. The maximum atomic E-state index is 12.6. The van der Waals surface area contributed by atoms with Crippen molar-refractivity contribution in [3.63, 3.8) is 0 Å². The Morgan fingerprint density at radius 2 is 2.15 bits per heavy atom. The molecule has 0 spiro atoms. The number of aromatic nitrogens is 1. The number of nitrogens with zero attached hydrogens (tertiary/aromatic N) is 2. The van der Waals surface area contributed by atoms with Gasteiger partial charge in [-0.3, -0.25) is 0 Å². The van der Waals surface area contributed by atoms with Crippen molar-refractivity contribution in [1.29, 1.82) is 0 Å². The van der Waals surface area contributed by atoms with Crippen LogP contribution >= 0.6 is 15.9 Å². The minimum atomic E-state index is -3.58. The zero-order valence-electron chi connectivity index (χ0n) is 11.3. The lowest BCUT2D eigenvalue weighted by Gasteiger charge is -2.31. The Bertz CT molecular complexity index is 571. The van der Waals surface area contributed by atoms with Crippen molar-refractivity contribution in [3.05, 3.63) is 16.7 Å². The number of anilines is 1. The van der Waals surface area contributed by atoms with Gasteiger partial charge in [-0.25, -0.2) is 13.4 Å². The topological polar surface area (TPSA) is 85.5 Å². The molecule has 112 valence electrons. The minimum absolute atomic E-state index is 0.0345. The van der Waals surface area contributed by atoms with Crippen molar-refractivity contribution in [2.24, 2.45) is 5.92 Å². The van der Waals surface area contributed by atoms with Crippen LogP contribution in [0, 0.1) is 5.92 Å². The highest BCUT2D eigenvalue weighted by Gasteiger charge is 2.31. The Morgan fingerprint density at radius 1 is 1.50 bits per heavy atom. The first kappa shape index (κ1) is 15.7. The number of hydrogen-bond acceptors (Lipinski definition) is 5. The second-order valence-corrected chi connectivity index (χ2v) is 7.66. The molecule has 0 radical (unpaired) electrons. The Hall–Kier alpha value is -0.700. The summed E-state index contributed by atoms with van der Waals surface area (Å²) >= 11 is 3.23. The van der Waals surface area contributed by atoms with E-state index >= 15 is 0 Å². The monoisotopic (exact) mass is 363 g/mol. The van der Waals surface area contributed by atoms with Gasteiger partial charge in [-0.15, -0.1) is 0 Å². The second kappa shape index (κ2) is 6.38. The fraction of sp³-hybridized carbons (Fsp3) is 0.583. The smallest absolute Gasteiger partial charge is 0.246 e. The van der Waals surface area contributed by atoms with Crippen LogP contribution in [0.15, 0.2) is 21.6 Å². The molecule has 0 aromatic carbocycles. The number of methoxy groups -OCH3 is 1. The molecule has 0 atom stereocenters. The van der Waals surface area contributed by atoms with Crippen LogP contribution in [0.1, 0.15) is 12.8 Å². The van der Waals surface area contributed by atoms with Gasteiger partial charge in [-0.2, -0.15) is 4.31 Å². The lowest BCUT2D eigenvalue weighted by molar-refractivity contribution is 0.121. The summed E-state index contributed by atoms with van der Waals surface area (Å²) in [6.45, 7) is 1.65. The largest absolute Gasteiger partial charge is 0.384 e. The predicted octanol–water partition coefficient (Wildman–Crippen LogP) is 1.47. The molecule has 1 saturated heterocycles. The van der Waals surface area contributed by atoms with Crippen molar-refractivity contribution < 1.29 is 13.2 Å². The SMILES string of the molecule is COCC1CCN(S(=O)(=O)c2cc(Br)cnc2N)CC1. The van der Waals surface area contributed by atoms with Crippen molar-refractivity contribution in [1.82, 2.24) is 9.29 Å². The molecule has 0 unspecified atom stereocenters. The number of piperidine rings is 1. The summed E-state index contributed by atoms with van der Waals surface area (Å²) in [4.78, 5) is 3.96. The molecule has 1 aromatic heterocycles. The van der Waals surface area contributed by atoms with E-state index in [1.807, 2.05) is 0 Å². The van der Waals surface area contributed by atoms with E-state index in [9.17, 15) is 8.42 Å². The van der Waals surface area contributed by atoms with E-state index in [1.165, 1.54) is 16.6 Å². The van der Waals surface area contributed by atoms with Gasteiger partial charge in [-0.1, -0.05) is 0 Å². The average Bonchev–Trinajstić information content (AvgIpc) is 2.42. The van der Waals surface area contributed by atoms with Gasteiger partial charge >= 0.3 is 0 Å². The Labute approximate surface area is 127 Å². The van der Waals surface area contributed by atoms with Gasteiger partial charge in [0.25, 0.3) is 0 Å². The summed E-state index contributed by atoms with van der Waals surface area (Å²) < 4.78 is 32.3. The van der Waals surface area contributed by atoms with Crippen LogP contribution < -0.4 is 5.73 Å². The first-order chi connectivity index (χ1) is 9.45. The molecule has 1 aromatic rings. The molecule has 2 N–H and O–H groups in total. The summed E-state index contributed by atoms with van der Waals surface area (Å²) in [5.74, 6) is 0.455. The first-order valence-electron chi connectivity index (χ1n) is 6.35. The Kier molecular flexibility index (Phi) is 5.00. The molecule has 0 saturated carbocycles. The Morgan fingerprint density at radius 3 is 2.75 bits per heavy atom. The van der Waals surface area contributed by atoms with Crippen LogP contribution in [0.25, 0.3) is 0 Å². The van der Waals surface area contributed by atoms with E-state index in [0.29, 0.717) is 30.1 Å². The van der Waals surface area contributed by atoms with Crippen LogP contribution in [0.2, 0.25) is 0 Å². The summed E-state index contributed by atoms with van der Waals surface area (Å²) in [6.07, 6.45) is 3.09. The molecule has 2 rings (SSSR count). The highest BCUT2D eigenvalue weighted by molar-refractivity contribution is 9.10. The lowest BCUT2D eigenvalue weighted by atomic mass is 9.99. The van der Waals surface area contributed by atoms with Gasteiger partial charge in [0.05, 0.1) is 0 Å². The quantitative estimate of drug-likeness (QED) is 0.875. The van der Waals surface area contributed by atoms with E-state index in [1.54, 1.807) is 7.11 Å². The predicted molar refractivity (Wildman–Crippen MR) is 79.7 cm³/mol. The van der Waals surface area contributed by atoms with Crippen molar-refractivity contribution in [2.75, 3.05) is 32.5 Å². The molecule has 0 aliphatic carbocycles. The van der Waals surface area contributed by atoms with Gasteiger partial charge in [0.15, 0.2) is 0 Å². The number of ether oxygens (including phenoxy) is 1. The molecule has 0 bridgehead atoms. The van der Waals surface area contributed by atoms with E-state index in [0.717, 1.165) is 12.8 Å². The summed E-state index contributed by atoms with van der Waals surface area (Å²) in [5.41, 5.74) is 5.70. The maximum Gasteiger partial charge on any atom is 0.246 e. The van der Waals surface area contributed by atoms with Crippen LogP contribution in [0.4, 0.5) is 5.82 Å². The third-order valence-corrected chi connectivity index (χ3v) is 5.80. The minimum Gasteiger partial charge on any atom is -0.384 e. The van der Waals surface area contributed by atoms with Gasteiger partial charge in [0, 0.05) is 37.5 Å². The van der Waals surface area contributed by atoms with E-state index in [-0.39, 0.29) is 10.7 Å². The molecule has 1 aliphatic rings. The van der Waals surface area contributed by atoms with Gasteiger partial charge < -0.3 is 10.5 Å². The molecule has 20 heavy (non-hydrogen) atoms. The Balaban J connectivity index is 2.18. The van der Waals surface area contributed by atoms with Crippen molar-refractivity contribution >= 4 is 31.8 Å². The van der Waals surface area contributed by atoms with Crippen molar-refractivity contribution in [3.8, 4) is 0 Å². The number of sulfonamides is 1. The van der Waals surface area contributed by atoms with Crippen LogP contribution in [0.3, 0.4) is 0 Å². The normalized spacial score (nSPS) is 18.3. The van der Waals surface area contributed by atoms with Gasteiger partial charge in [0.1, 0.15) is 10.7 Å². The molecule has 2 heterocycles. The molecule has 1 fully saturated rings. The molecular formula is C12H18BrN3O3S. The summed E-state index contributed by atoms with van der Waals surface area (Å²) in [5, 5.41) is 0. The number of nitrogen functional groups attached to an aromatic ring is 1. The van der Waals surface area contributed by atoms with Crippen molar-refractivity contribution in [2.45, 2.75) is 17.7 Å². The van der Waals surface area contributed by atoms with Gasteiger partial charge in [0.2, 0.25) is 10.0 Å².